The quantitative estimate of drug-likeness (QED) is 0.776. The molecule has 3 N–H and O–H groups in total. The number of aromatic amines is 1. The predicted molar refractivity (Wildman–Crippen MR) is 68.4 cm³/mol. The van der Waals surface area contributed by atoms with E-state index in [0.29, 0.717) is 0 Å². The fourth-order valence-electron chi connectivity index (χ4n) is 1.16. The summed E-state index contributed by atoms with van der Waals surface area (Å²) in [5.74, 6) is -1.18. The van der Waals surface area contributed by atoms with E-state index in [-0.39, 0.29) is 19.2 Å². The first-order valence-electron chi connectivity index (χ1n) is 4.44. The molecule has 7 nitrogen and oxygen atoms in total. The molecule has 0 aliphatic carbocycles. The van der Waals surface area contributed by atoms with Crippen LogP contribution in [0.2, 0.25) is 0 Å². The monoisotopic (exact) mass is 351 g/mol. The second kappa shape index (κ2) is 4.71. The van der Waals surface area contributed by atoms with Crippen molar-refractivity contribution < 1.29 is 18.3 Å². The molecule has 0 radical (unpaired) electrons. The van der Waals surface area contributed by atoms with Gasteiger partial charge in [-0.15, -0.1) is 11.3 Å². The van der Waals surface area contributed by atoms with Crippen molar-refractivity contribution in [3.8, 4) is 0 Å². The molecule has 0 unspecified atom stereocenters. The average molecular weight is 352 g/mol. The Balaban J connectivity index is 2.38. The smallest absolute Gasteiger partial charge is 0.345 e. The summed E-state index contributed by atoms with van der Waals surface area (Å²) in [5.41, 5.74) is 0.268. The Morgan fingerprint density at radius 2 is 2.28 bits per heavy atom. The van der Waals surface area contributed by atoms with E-state index < -0.39 is 16.0 Å². The number of carbonyl (C=O) groups is 1. The van der Waals surface area contributed by atoms with E-state index in [0.717, 1.165) is 17.4 Å². The van der Waals surface area contributed by atoms with Gasteiger partial charge in [0.25, 0.3) is 10.0 Å². The highest BCUT2D eigenvalue weighted by molar-refractivity contribution is 9.11. The number of rotatable bonds is 4. The topological polar surface area (TPSA) is 112 Å². The van der Waals surface area contributed by atoms with E-state index in [4.69, 9.17) is 5.11 Å². The Labute approximate surface area is 114 Å². The number of carboxylic acid groups (broad SMARTS) is 1. The van der Waals surface area contributed by atoms with Crippen molar-refractivity contribution in [3.63, 3.8) is 0 Å². The lowest BCUT2D eigenvalue weighted by atomic mass is 10.5. The van der Waals surface area contributed by atoms with Crippen molar-refractivity contribution in [2.45, 2.75) is 4.90 Å². The van der Waals surface area contributed by atoms with E-state index >= 15 is 0 Å². The number of nitrogens with one attached hydrogen (secondary N) is 2. The van der Waals surface area contributed by atoms with Crippen LogP contribution in [0.5, 0.6) is 0 Å². The second-order valence-electron chi connectivity index (χ2n) is 3.15. The lowest BCUT2D eigenvalue weighted by Crippen LogP contribution is -2.12. The van der Waals surface area contributed by atoms with Gasteiger partial charge in [-0.3, -0.25) is 9.82 Å². The lowest BCUT2D eigenvalue weighted by Gasteiger charge is -2.03. The molecule has 0 spiro atoms. The highest BCUT2D eigenvalue weighted by Gasteiger charge is 2.23. The molecule has 10 heteroatoms. The van der Waals surface area contributed by atoms with Crippen LogP contribution in [-0.4, -0.2) is 29.7 Å². The van der Waals surface area contributed by atoms with E-state index in [2.05, 4.69) is 30.8 Å². The molecule has 0 atom stereocenters. The van der Waals surface area contributed by atoms with Gasteiger partial charge in [-0.2, -0.15) is 5.10 Å². The Morgan fingerprint density at radius 1 is 1.56 bits per heavy atom. The SMILES string of the molecule is O=C(O)c1cc(S(=O)(=O)Nc2cn[nH]c2)c(Br)s1. The number of halogens is 1. The van der Waals surface area contributed by atoms with Crippen LogP contribution in [-0.2, 0) is 10.0 Å². The van der Waals surface area contributed by atoms with Gasteiger partial charge in [-0.1, -0.05) is 0 Å². The number of hydrogen-bond acceptors (Lipinski definition) is 5. The maximum Gasteiger partial charge on any atom is 0.345 e. The molecule has 2 rings (SSSR count). The first kappa shape index (κ1) is 13.1. The van der Waals surface area contributed by atoms with Crippen LogP contribution in [0.25, 0.3) is 0 Å². The average Bonchev–Trinajstić information content (AvgIpc) is 2.86. The van der Waals surface area contributed by atoms with Gasteiger partial charge in [-0.05, 0) is 22.0 Å². The zero-order chi connectivity index (χ0) is 13.3. The van der Waals surface area contributed by atoms with Crippen LogP contribution in [0.15, 0.2) is 27.1 Å². The molecule has 2 heterocycles. The van der Waals surface area contributed by atoms with Crippen LogP contribution in [0, 0.1) is 0 Å². The van der Waals surface area contributed by atoms with Gasteiger partial charge in [0.2, 0.25) is 0 Å². The molecule has 96 valence electrons. The molecule has 0 saturated carbocycles. The van der Waals surface area contributed by atoms with Gasteiger partial charge >= 0.3 is 5.97 Å². The zero-order valence-corrected chi connectivity index (χ0v) is 11.8. The molecular weight excluding hydrogens is 346 g/mol. The molecule has 0 fully saturated rings. The van der Waals surface area contributed by atoms with Crippen LogP contribution in [0.3, 0.4) is 0 Å². The number of aromatic nitrogens is 2. The van der Waals surface area contributed by atoms with Crippen LogP contribution in [0.4, 0.5) is 5.69 Å². The maximum absolute atomic E-state index is 12.0. The minimum Gasteiger partial charge on any atom is -0.477 e. The molecule has 0 aliphatic heterocycles. The van der Waals surface area contributed by atoms with Gasteiger partial charge < -0.3 is 5.11 Å². The van der Waals surface area contributed by atoms with Gasteiger partial charge in [0.15, 0.2) is 0 Å². The third-order valence-corrected chi connectivity index (χ3v) is 5.53. The van der Waals surface area contributed by atoms with Crippen molar-refractivity contribution in [1.29, 1.82) is 0 Å². The fourth-order valence-corrected chi connectivity index (χ4v) is 4.60. The van der Waals surface area contributed by atoms with Crippen LogP contribution in [0.1, 0.15) is 9.67 Å². The molecule has 2 aromatic heterocycles. The summed E-state index contributed by atoms with van der Waals surface area (Å²) in [4.78, 5) is 10.6. The highest BCUT2D eigenvalue weighted by Crippen LogP contribution is 2.32. The van der Waals surface area contributed by atoms with Crippen molar-refractivity contribution in [3.05, 3.63) is 27.1 Å². The third-order valence-electron chi connectivity index (χ3n) is 1.91. The molecular formula is C8H6BrN3O4S2. The van der Waals surface area contributed by atoms with E-state index in [1.165, 1.54) is 12.4 Å². The number of nitrogens with zero attached hydrogens (tertiary/aromatic N) is 1. The molecule has 0 saturated heterocycles. The van der Waals surface area contributed by atoms with Crippen molar-refractivity contribution >= 4 is 48.9 Å². The predicted octanol–water partition coefficient (Wildman–Crippen LogP) is 1.73. The Hall–Kier alpha value is -1.39. The van der Waals surface area contributed by atoms with E-state index in [9.17, 15) is 13.2 Å². The number of sulfonamides is 1. The molecule has 18 heavy (non-hydrogen) atoms. The summed E-state index contributed by atoms with van der Waals surface area (Å²) in [6.07, 6.45) is 2.67. The zero-order valence-electron chi connectivity index (χ0n) is 8.55. The summed E-state index contributed by atoms with van der Waals surface area (Å²) in [7, 11) is -3.84. The maximum atomic E-state index is 12.0. The van der Waals surface area contributed by atoms with Gasteiger partial charge in [-0.25, -0.2) is 13.2 Å². The number of thiophene rings is 1. The minimum absolute atomic E-state index is 0.0607. The van der Waals surface area contributed by atoms with Gasteiger partial charge in [0.05, 0.1) is 15.7 Å². The molecule has 0 aliphatic rings. The standard InChI is InChI=1S/C8H6BrN3O4S2/c9-7-6(1-5(17-7)8(13)14)18(15,16)12-4-2-10-11-3-4/h1-3,12H,(H,10,11)(H,13,14). The third kappa shape index (κ3) is 2.54. The van der Waals surface area contributed by atoms with Crippen molar-refractivity contribution in [2.24, 2.45) is 0 Å². The second-order valence-corrected chi connectivity index (χ2v) is 7.17. The summed E-state index contributed by atoms with van der Waals surface area (Å²) in [6, 6.07) is 1.10. The Morgan fingerprint density at radius 3 is 2.78 bits per heavy atom. The first-order valence-corrected chi connectivity index (χ1v) is 7.53. The normalized spacial score (nSPS) is 11.4. The molecule has 0 amide bonds. The summed E-state index contributed by atoms with van der Waals surface area (Å²) >= 11 is 3.87. The Bertz CT molecular complexity index is 677. The largest absolute Gasteiger partial charge is 0.477 e. The summed E-state index contributed by atoms with van der Waals surface area (Å²) in [5, 5.41) is 14.9. The van der Waals surface area contributed by atoms with Gasteiger partial charge in [0, 0.05) is 6.20 Å². The van der Waals surface area contributed by atoms with Crippen LogP contribution < -0.4 is 4.72 Å². The van der Waals surface area contributed by atoms with E-state index in [1.807, 2.05) is 0 Å². The van der Waals surface area contributed by atoms with Crippen molar-refractivity contribution in [1.82, 2.24) is 10.2 Å². The number of aromatic carboxylic acids is 1. The fraction of sp³-hybridized carbons (Fsp3) is 0. The highest BCUT2D eigenvalue weighted by atomic mass is 79.9. The molecule has 0 bridgehead atoms. The number of H-pyrrole nitrogens is 1. The van der Waals surface area contributed by atoms with Crippen LogP contribution >= 0.6 is 27.3 Å². The number of anilines is 1. The summed E-state index contributed by atoms with van der Waals surface area (Å²) < 4.78 is 26.5. The lowest BCUT2D eigenvalue weighted by molar-refractivity contribution is 0.0702. The minimum atomic E-state index is -3.84. The van der Waals surface area contributed by atoms with Crippen molar-refractivity contribution in [2.75, 3.05) is 4.72 Å². The summed E-state index contributed by atoms with van der Waals surface area (Å²) in [6.45, 7) is 0. The number of hydrogen-bond donors (Lipinski definition) is 3. The molecule has 2 aromatic rings. The van der Waals surface area contributed by atoms with Gasteiger partial charge in [0.1, 0.15) is 9.77 Å². The Kier molecular flexibility index (Phi) is 3.41. The first-order chi connectivity index (χ1) is 8.40. The number of carboxylic acids is 1. The molecule has 0 aromatic carbocycles. The van der Waals surface area contributed by atoms with E-state index in [1.54, 1.807) is 0 Å².